The lowest BCUT2D eigenvalue weighted by Gasteiger charge is -2.09. The first-order valence-corrected chi connectivity index (χ1v) is 9.00. The Morgan fingerprint density at radius 3 is 2.30 bits per heavy atom. The van der Waals surface area contributed by atoms with E-state index < -0.39 is 12.1 Å². The fourth-order valence-corrected chi connectivity index (χ4v) is 2.14. The number of halogens is 3. The average molecular weight is 395 g/mol. The van der Waals surface area contributed by atoms with Crippen LogP contribution in [0.2, 0.25) is 0 Å². The molecule has 0 bridgehead atoms. The van der Waals surface area contributed by atoms with Gasteiger partial charge in [0.15, 0.2) is 5.76 Å². The molecule has 1 heterocycles. The second kappa shape index (κ2) is 13.2. The van der Waals surface area contributed by atoms with Gasteiger partial charge in [-0.25, -0.2) is 4.79 Å². The first kappa shape index (κ1) is 25.0. The molecule has 0 unspecified atom stereocenters. The quantitative estimate of drug-likeness (QED) is 0.612. The highest BCUT2D eigenvalue weighted by molar-refractivity contribution is 5.70. The molecular formula is C18H28F3NO5. The minimum absolute atomic E-state index is 0.0146. The Labute approximate surface area is 156 Å². The van der Waals surface area contributed by atoms with Crippen LogP contribution in [0.3, 0.4) is 0 Å². The van der Waals surface area contributed by atoms with Gasteiger partial charge in [0, 0.05) is 12.5 Å². The van der Waals surface area contributed by atoms with Crippen LogP contribution in [0, 0.1) is 0 Å². The standard InChI is InChI=1S/C16H27NO3.C2HF3O2/c1-3-5-6-7-8-10-19-13-11-15(14(17)9-4-2)20-16(18)12-13;3-2(4,5)1(6)7/h11-12,14H,3-10,17H2,1-2H3;(H,6,7)/t14-;/m1./s1. The highest BCUT2D eigenvalue weighted by Gasteiger charge is 2.28. The molecule has 6 nitrogen and oxygen atoms in total. The van der Waals surface area contributed by atoms with Crippen LogP contribution in [0.15, 0.2) is 21.3 Å². The van der Waals surface area contributed by atoms with Crippen molar-refractivity contribution in [2.24, 2.45) is 0 Å². The van der Waals surface area contributed by atoms with Gasteiger partial charge in [-0.15, -0.1) is 0 Å². The summed E-state index contributed by atoms with van der Waals surface area (Å²) in [5.74, 6) is -1.77. The van der Waals surface area contributed by atoms with Crippen molar-refractivity contribution in [2.45, 2.75) is 71.0 Å². The lowest BCUT2D eigenvalue weighted by molar-refractivity contribution is -0.432. The summed E-state index contributed by atoms with van der Waals surface area (Å²) in [5.41, 5.74) is 3.67. The van der Waals surface area contributed by atoms with E-state index in [4.69, 9.17) is 19.1 Å². The lowest BCUT2D eigenvalue weighted by atomic mass is 10.1. The number of carbonyl (C=O) groups is 1. The Balaban J connectivity index is 0.000000821. The Morgan fingerprint density at radius 1 is 1.19 bits per heavy atom. The molecule has 0 saturated carbocycles. The molecule has 0 aliphatic heterocycles. The zero-order valence-electron chi connectivity index (χ0n) is 15.8. The minimum Gasteiger partial charge on any atom is -0.542 e. The maximum absolute atomic E-state index is 11.5. The van der Waals surface area contributed by atoms with Crippen molar-refractivity contribution in [3.8, 4) is 5.75 Å². The van der Waals surface area contributed by atoms with E-state index in [0.717, 1.165) is 19.3 Å². The molecule has 1 aromatic heterocycles. The van der Waals surface area contributed by atoms with Gasteiger partial charge in [-0.05, 0) is 6.42 Å². The molecule has 0 amide bonds. The molecule has 0 aromatic carbocycles. The molecule has 1 aromatic rings. The smallest absolute Gasteiger partial charge is 0.430 e. The summed E-state index contributed by atoms with van der Waals surface area (Å²) in [6.07, 6.45) is 2.70. The first-order valence-electron chi connectivity index (χ1n) is 9.00. The fourth-order valence-electron chi connectivity index (χ4n) is 2.14. The Hall–Kier alpha value is -2.03. The second-order valence-electron chi connectivity index (χ2n) is 6.05. The third-order valence-electron chi connectivity index (χ3n) is 3.55. The van der Waals surface area contributed by atoms with E-state index in [2.05, 4.69) is 19.6 Å². The number of carboxylic acid groups (broad SMARTS) is 1. The Bertz CT molecular complexity index is 601. The summed E-state index contributed by atoms with van der Waals surface area (Å²) in [5, 5.41) is 8.78. The maximum atomic E-state index is 11.5. The van der Waals surface area contributed by atoms with Gasteiger partial charge < -0.3 is 24.8 Å². The second-order valence-corrected chi connectivity index (χ2v) is 6.05. The number of ether oxygens (including phenoxy) is 1. The molecule has 3 N–H and O–H groups in total. The van der Waals surface area contributed by atoms with Gasteiger partial charge in [-0.3, -0.25) is 0 Å². The van der Waals surface area contributed by atoms with Crippen LogP contribution in [0.1, 0.15) is 70.6 Å². The SMILES string of the molecule is CCCCCCCOc1cc([C@H]([NH3+])CCC)oc(=O)c1.O=C([O-])C(F)(F)F. The Kier molecular flexibility index (Phi) is 12.2. The van der Waals surface area contributed by atoms with Gasteiger partial charge in [-0.2, -0.15) is 13.2 Å². The third kappa shape index (κ3) is 12.1. The molecule has 0 aliphatic rings. The van der Waals surface area contributed by atoms with Crippen molar-refractivity contribution in [3.63, 3.8) is 0 Å². The number of aliphatic carboxylic acids is 1. The van der Waals surface area contributed by atoms with Crippen molar-refractivity contribution in [2.75, 3.05) is 6.61 Å². The van der Waals surface area contributed by atoms with Crippen LogP contribution < -0.4 is 21.2 Å². The number of carbonyl (C=O) groups excluding carboxylic acids is 1. The number of quaternary nitrogens is 1. The number of carboxylic acids is 1. The van der Waals surface area contributed by atoms with Crippen LogP contribution in [0.4, 0.5) is 13.2 Å². The number of rotatable bonds is 10. The van der Waals surface area contributed by atoms with E-state index in [1.807, 2.05) is 0 Å². The summed E-state index contributed by atoms with van der Waals surface area (Å²) in [7, 11) is 0. The van der Waals surface area contributed by atoms with Gasteiger partial charge >= 0.3 is 11.8 Å². The van der Waals surface area contributed by atoms with Crippen LogP contribution in [0.25, 0.3) is 0 Å². The van der Waals surface area contributed by atoms with Crippen LogP contribution in [-0.2, 0) is 4.79 Å². The third-order valence-corrected chi connectivity index (χ3v) is 3.55. The normalized spacial score (nSPS) is 12.1. The van der Waals surface area contributed by atoms with Crippen LogP contribution >= 0.6 is 0 Å². The number of unbranched alkanes of at least 4 members (excludes halogenated alkanes) is 4. The monoisotopic (exact) mass is 395 g/mol. The molecule has 0 spiro atoms. The maximum Gasteiger partial charge on any atom is 0.430 e. The largest absolute Gasteiger partial charge is 0.542 e. The zero-order chi connectivity index (χ0) is 20.9. The highest BCUT2D eigenvalue weighted by Crippen LogP contribution is 2.18. The molecular weight excluding hydrogens is 367 g/mol. The van der Waals surface area contributed by atoms with Crippen molar-refractivity contribution in [1.82, 2.24) is 0 Å². The molecule has 1 atom stereocenters. The fraction of sp³-hybridized carbons (Fsp3) is 0.667. The van der Waals surface area contributed by atoms with E-state index in [9.17, 15) is 18.0 Å². The summed E-state index contributed by atoms with van der Waals surface area (Å²) in [6.45, 7) is 4.95. The Morgan fingerprint density at radius 2 is 1.78 bits per heavy atom. The predicted molar refractivity (Wildman–Crippen MR) is 90.8 cm³/mol. The summed E-state index contributed by atoms with van der Waals surface area (Å²) < 4.78 is 42.4. The topological polar surface area (TPSA) is 107 Å². The van der Waals surface area contributed by atoms with E-state index in [-0.39, 0.29) is 11.7 Å². The summed E-state index contributed by atoms with van der Waals surface area (Å²) >= 11 is 0. The molecule has 0 radical (unpaired) electrons. The summed E-state index contributed by atoms with van der Waals surface area (Å²) in [4.78, 5) is 20.3. The highest BCUT2D eigenvalue weighted by atomic mass is 19.4. The van der Waals surface area contributed by atoms with E-state index in [0.29, 0.717) is 18.1 Å². The number of alkyl halides is 3. The van der Waals surface area contributed by atoms with Gasteiger partial charge in [-0.1, -0.05) is 46.0 Å². The van der Waals surface area contributed by atoms with Gasteiger partial charge in [0.25, 0.3) is 0 Å². The van der Waals surface area contributed by atoms with Crippen molar-refractivity contribution in [1.29, 1.82) is 0 Å². The van der Waals surface area contributed by atoms with Crippen molar-refractivity contribution in [3.05, 3.63) is 28.3 Å². The van der Waals surface area contributed by atoms with E-state index in [1.54, 1.807) is 6.07 Å². The van der Waals surface area contributed by atoms with E-state index >= 15 is 0 Å². The summed E-state index contributed by atoms with van der Waals surface area (Å²) in [6, 6.07) is 3.23. The van der Waals surface area contributed by atoms with Gasteiger partial charge in [0.1, 0.15) is 17.8 Å². The zero-order valence-corrected chi connectivity index (χ0v) is 15.8. The molecule has 9 heteroatoms. The van der Waals surface area contributed by atoms with Crippen molar-refractivity contribution < 1.29 is 38.0 Å². The molecule has 156 valence electrons. The minimum atomic E-state index is -5.19. The predicted octanol–water partition coefficient (Wildman–Crippen LogP) is 2.37. The molecule has 0 fully saturated rings. The number of hydrogen-bond acceptors (Lipinski definition) is 5. The van der Waals surface area contributed by atoms with Crippen LogP contribution in [-0.4, -0.2) is 18.8 Å². The van der Waals surface area contributed by atoms with Crippen LogP contribution in [0.5, 0.6) is 5.75 Å². The van der Waals surface area contributed by atoms with Gasteiger partial charge in [0.2, 0.25) is 0 Å². The molecule has 0 aliphatic carbocycles. The number of hydrogen-bond donors (Lipinski definition) is 1. The first-order chi connectivity index (χ1) is 12.6. The molecule has 27 heavy (non-hydrogen) atoms. The molecule has 0 saturated heterocycles. The lowest BCUT2D eigenvalue weighted by Crippen LogP contribution is -2.53. The van der Waals surface area contributed by atoms with E-state index in [1.165, 1.54) is 31.7 Å². The molecule has 1 rings (SSSR count). The van der Waals surface area contributed by atoms with Gasteiger partial charge in [0.05, 0.1) is 12.7 Å². The van der Waals surface area contributed by atoms with Crippen molar-refractivity contribution >= 4 is 5.97 Å². The average Bonchev–Trinajstić information content (AvgIpc) is 2.57.